The van der Waals surface area contributed by atoms with Crippen LogP contribution >= 0.6 is 0 Å². The van der Waals surface area contributed by atoms with Crippen molar-refractivity contribution in [1.29, 1.82) is 0 Å². The minimum atomic E-state index is 0.354. The van der Waals surface area contributed by atoms with Crippen LogP contribution in [0.3, 0.4) is 0 Å². The molecule has 0 saturated carbocycles. The Morgan fingerprint density at radius 1 is 1.29 bits per heavy atom. The molecule has 1 aromatic heterocycles. The van der Waals surface area contributed by atoms with Crippen LogP contribution in [-0.4, -0.2) is 40.7 Å². The molecular formula is C20H29N3O. The number of hydrogen-bond acceptors (Lipinski definition) is 3. The van der Waals surface area contributed by atoms with E-state index in [1.165, 1.54) is 23.4 Å². The molecule has 0 amide bonds. The first-order valence-corrected chi connectivity index (χ1v) is 9.17. The zero-order chi connectivity index (χ0) is 16.8. The number of nitrogens with one attached hydrogen (secondary N) is 1. The van der Waals surface area contributed by atoms with Crippen LogP contribution in [0.15, 0.2) is 30.3 Å². The van der Waals surface area contributed by atoms with Crippen molar-refractivity contribution in [1.82, 2.24) is 14.9 Å². The van der Waals surface area contributed by atoms with Gasteiger partial charge in [0.25, 0.3) is 0 Å². The van der Waals surface area contributed by atoms with Crippen molar-refractivity contribution < 1.29 is 4.74 Å². The highest BCUT2D eigenvalue weighted by Gasteiger charge is 2.21. The Morgan fingerprint density at radius 3 is 2.88 bits per heavy atom. The highest BCUT2D eigenvalue weighted by atomic mass is 16.5. The molecule has 1 aromatic carbocycles. The third kappa shape index (κ3) is 4.68. The van der Waals surface area contributed by atoms with Crippen LogP contribution < -0.4 is 0 Å². The molecule has 24 heavy (non-hydrogen) atoms. The number of nitrogens with zero attached hydrogens (tertiary/aromatic N) is 2. The van der Waals surface area contributed by atoms with Crippen molar-refractivity contribution in [3.05, 3.63) is 53.1 Å². The summed E-state index contributed by atoms with van der Waals surface area (Å²) >= 11 is 0. The fraction of sp³-hybridized carbons (Fsp3) is 0.550. The Morgan fingerprint density at radius 2 is 2.12 bits per heavy atom. The summed E-state index contributed by atoms with van der Waals surface area (Å²) in [5.74, 6) is 1.09. The van der Waals surface area contributed by atoms with E-state index in [0.29, 0.717) is 6.10 Å². The molecule has 0 aliphatic carbocycles. The second-order valence-electron chi connectivity index (χ2n) is 6.71. The van der Waals surface area contributed by atoms with Gasteiger partial charge in [0.05, 0.1) is 18.4 Å². The Hall–Kier alpha value is -1.65. The molecule has 130 valence electrons. The Bertz CT molecular complexity index is 623. The molecule has 4 heteroatoms. The fourth-order valence-corrected chi connectivity index (χ4v) is 3.37. The first kappa shape index (κ1) is 17.2. The molecule has 1 saturated heterocycles. The molecule has 1 atom stereocenters. The summed E-state index contributed by atoms with van der Waals surface area (Å²) in [6.45, 7) is 8.05. The smallest absolute Gasteiger partial charge is 0.106 e. The van der Waals surface area contributed by atoms with E-state index in [0.717, 1.165) is 51.3 Å². The maximum atomic E-state index is 5.97. The number of imidazole rings is 1. The minimum Gasteiger partial charge on any atom is -0.376 e. The largest absolute Gasteiger partial charge is 0.376 e. The summed E-state index contributed by atoms with van der Waals surface area (Å²) < 4.78 is 5.97. The quantitative estimate of drug-likeness (QED) is 0.846. The van der Waals surface area contributed by atoms with E-state index >= 15 is 0 Å². The number of H-pyrrole nitrogens is 1. The molecule has 0 bridgehead atoms. The molecule has 2 aromatic rings. The van der Waals surface area contributed by atoms with Crippen molar-refractivity contribution in [3.8, 4) is 0 Å². The average molecular weight is 327 g/mol. The number of aromatic nitrogens is 2. The van der Waals surface area contributed by atoms with Gasteiger partial charge < -0.3 is 9.72 Å². The zero-order valence-electron chi connectivity index (χ0n) is 14.9. The number of benzene rings is 1. The fourth-order valence-electron chi connectivity index (χ4n) is 3.37. The van der Waals surface area contributed by atoms with Gasteiger partial charge in [0.1, 0.15) is 5.82 Å². The van der Waals surface area contributed by atoms with Crippen molar-refractivity contribution >= 4 is 0 Å². The zero-order valence-corrected chi connectivity index (χ0v) is 14.9. The van der Waals surface area contributed by atoms with Crippen LogP contribution in [0.4, 0.5) is 0 Å². The summed E-state index contributed by atoms with van der Waals surface area (Å²) in [6.07, 6.45) is 4.77. The predicted molar refractivity (Wildman–Crippen MR) is 97.1 cm³/mol. The van der Waals surface area contributed by atoms with Crippen LogP contribution in [0.2, 0.25) is 0 Å². The van der Waals surface area contributed by atoms with E-state index in [4.69, 9.17) is 9.72 Å². The summed E-state index contributed by atoms with van der Waals surface area (Å²) in [4.78, 5) is 10.6. The van der Waals surface area contributed by atoms with Crippen molar-refractivity contribution in [3.63, 3.8) is 0 Å². The van der Waals surface area contributed by atoms with Gasteiger partial charge >= 0.3 is 0 Å². The highest BCUT2D eigenvalue weighted by molar-refractivity contribution is 5.15. The number of ether oxygens (including phenoxy) is 1. The standard InChI is InChI=1S/C20H29N3O/c1-3-20-21-16(2)19(22-20)15-23-12-13-24-18(14-23)11-7-10-17-8-5-4-6-9-17/h4-6,8-9,18H,3,7,10-15H2,1-2H3,(H,21,22). The van der Waals surface area contributed by atoms with E-state index in [-0.39, 0.29) is 0 Å². The van der Waals surface area contributed by atoms with Gasteiger partial charge in [-0.3, -0.25) is 4.90 Å². The summed E-state index contributed by atoms with van der Waals surface area (Å²) in [6, 6.07) is 10.7. The lowest BCUT2D eigenvalue weighted by Crippen LogP contribution is -2.42. The van der Waals surface area contributed by atoms with E-state index in [1.54, 1.807) is 0 Å². The SMILES string of the molecule is CCc1nc(CN2CCOC(CCCc3ccccc3)C2)c(C)[nH]1. The maximum Gasteiger partial charge on any atom is 0.106 e. The molecule has 3 rings (SSSR count). The van der Waals surface area contributed by atoms with Crippen molar-refractivity contribution in [2.24, 2.45) is 0 Å². The van der Waals surface area contributed by atoms with E-state index in [1.807, 2.05) is 0 Å². The van der Waals surface area contributed by atoms with Crippen LogP contribution in [0.1, 0.15) is 42.5 Å². The lowest BCUT2D eigenvalue weighted by molar-refractivity contribution is -0.0358. The molecule has 1 fully saturated rings. The molecule has 4 nitrogen and oxygen atoms in total. The molecular weight excluding hydrogens is 298 g/mol. The van der Waals surface area contributed by atoms with Crippen LogP contribution in [0, 0.1) is 6.92 Å². The normalized spacial score (nSPS) is 18.8. The number of aromatic amines is 1. The van der Waals surface area contributed by atoms with Gasteiger partial charge in [0.2, 0.25) is 0 Å². The molecule has 1 N–H and O–H groups in total. The Kier molecular flexibility index (Phi) is 6.05. The van der Waals surface area contributed by atoms with Gasteiger partial charge in [-0.15, -0.1) is 0 Å². The second kappa shape index (κ2) is 8.45. The van der Waals surface area contributed by atoms with Crippen LogP contribution in [0.5, 0.6) is 0 Å². The molecule has 2 heterocycles. The van der Waals surface area contributed by atoms with Gasteiger partial charge in [0.15, 0.2) is 0 Å². The first-order chi connectivity index (χ1) is 11.7. The molecule has 1 aliphatic heterocycles. The van der Waals surface area contributed by atoms with Crippen molar-refractivity contribution in [2.45, 2.75) is 52.2 Å². The number of hydrogen-bond donors (Lipinski definition) is 1. The predicted octanol–water partition coefficient (Wildman–Crippen LogP) is 3.50. The number of morpholine rings is 1. The Labute approximate surface area is 145 Å². The minimum absolute atomic E-state index is 0.354. The van der Waals surface area contributed by atoms with E-state index in [2.05, 4.69) is 54.1 Å². The van der Waals surface area contributed by atoms with Gasteiger partial charge in [-0.2, -0.15) is 0 Å². The Balaban J connectivity index is 1.46. The molecule has 1 aliphatic rings. The monoisotopic (exact) mass is 327 g/mol. The summed E-state index contributed by atoms with van der Waals surface area (Å²) in [5.41, 5.74) is 3.82. The molecule has 0 spiro atoms. The summed E-state index contributed by atoms with van der Waals surface area (Å²) in [7, 11) is 0. The highest BCUT2D eigenvalue weighted by Crippen LogP contribution is 2.16. The second-order valence-corrected chi connectivity index (χ2v) is 6.71. The first-order valence-electron chi connectivity index (χ1n) is 9.17. The third-order valence-electron chi connectivity index (χ3n) is 4.80. The van der Waals surface area contributed by atoms with Gasteiger partial charge in [-0.1, -0.05) is 37.3 Å². The summed E-state index contributed by atoms with van der Waals surface area (Å²) in [5, 5.41) is 0. The lowest BCUT2D eigenvalue weighted by atomic mass is 10.1. The van der Waals surface area contributed by atoms with Crippen LogP contribution in [-0.2, 0) is 24.1 Å². The topological polar surface area (TPSA) is 41.2 Å². The number of rotatable bonds is 7. The number of aryl methyl sites for hydroxylation is 3. The molecule has 0 radical (unpaired) electrons. The van der Waals surface area contributed by atoms with Gasteiger partial charge in [0, 0.05) is 31.7 Å². The van der Waals surface area contributed by atoms with Crippen LogP contribution in [0.25, 0.3) is 0 Å². The maximum absolute atomic E-state index is 5.97. The average Bonchev–Trinajstić information content (AvgIpc) is 2.96. The van der Waals surface area contributed by atoms with E-state index < -0.39 is 0 Å². The lowest BCUT2D eigenvalue weighted by Gasteiger charge is -2.32. The molecule has 1 unspecified atom stereocenters. The van der Waals surface area contributed by atoms with Gasteiger partial charge in [-0.05, 0) is 31.7 Å². The van der Waals surface area contributed by atoms with E-state index in [9.17, 15) is 0 Å². The van der Waals surface area contributed by atoms with Gasteiger partial charge in [-0.25, -0.2) is 4.98 Å². The third-order valence-corrected chi connectivity index (χ3v) is 4.80. The van der Waals surface area contributed by atoms with Crippen molar-refractivity contribution in [2.75, 3.05) is 19.7 Å².